The highest BCUT2D eigenvalue weighted by Crippen LogP contribution is 2.22. The van der Waals surface area contributed by atoms with E-state index in [1.807, 2.05) is 0 Å². The zero-order chi connectivity index (χ0) is 21.6. The second kappa shape index (κ2) is 9.48. The van der Waals surface area contributed by atoms with Crippen LogP contribution in [-0.4, -0.2) is 43.7 Å². The number of benzene rings is 2. The van der Waals surface area contributed by atoms with E-state index in [1.165, 1.54) is 34.6 Å². The highest BCUT2D eigenvalue weighted by atomic mass is 32.2. The highest BCUT2D eigenvalue weighted by Gasteiger charge is 2.21. The number of amides is 1. The maximum atomic E-state index is 12.5. The van der Waals surface area contributed by atoms with E-state index in [2.05, 4.69) is 10.6 Å². The van der Waals surface area contributed by atoms with Gasteiger partial charge in [0.05, 0.1) is 15.4 Å². The first-order valence-electron chi connectivity index (χ1n) is 9.08. The molecule has 1 amide bonds. The number of hydrogen-bond donors (Lipinski definition) is 2. The number of nitrogens with one attached hydrogen (secondary N) is 2. The van der Waals surface area contributed by atoms with E-state index in [-0.39, 0.29) is 22.7 Å². The number of carbonyl (C=O) groups excluding carboxylic acids is 1. The maximum absolute atomic E-state index is 12.5. The van der Waals surface area contributed by atoms with Crippen molar-refractivity contribution in [2.75, 3.05) is 25.5 Å². The molecule has 156 valence electrons. The summed E-state index contributed by atoms with van der Waals surface area (Å²) in [5, 5.41) is 16.5. The molecule has 0 fully saturated rings. The summed E-state index contributed by atoms with van der Waals surface area (Å²) in [5.74, 6) is -0.474. The summed E-state index contributed by atoms with van der Waals surface area (Å²) in [7, 11) is -1.92. The molecule has 0 bridgehead atoms. The minimum atomic E-state index is -3.54. The van der Waals surface area contributed by atoms with Crippen molar-refractivity contribution in [1.29, 1.82) is 0 Å². The molecule has 0 aliphatic heterocycles. The number of hydrogen-bond acceptors (Lipinski definition) is 6. The minimum Gasteiger partial charge on any atom is -0.387 e. The topological polar surface area (TPSA) is 122 Å². The molecular formula is C19H24N4O5S. The van der Waals surface area contributed by atoms with Crippen molar-refractivity contribution in [2.24, 2.45) is 0 Å². The lowest BCUT2D eigenvalue weighted by atomic mass is 10.1. The number of anilines is 1. The molecule has 0 saturated heterocycles. The van der Waals surface area contributed by atoms with Crippen LogP contribution in [-0.2, 0) is 16.6 Å². The van der Waals surface area contributed by atoms with Crippen molar-refractivity contribution in [3.63, 3.8) is 0 Å². The number of rotatable bonds is 9. The number of sulfonamides is 1. The van der Waals surface area contributed by atoms with Crippen LogP contribution in [0.15, 0.2) is 47.4 Å². The minimum absolute atomic E-state index is 0.149. The quantitative estimate of drug-likeness (QED) is 0.475. The molecule has 0 aliphatic rings. The molecule has 0 aliphatic carbocycles. The van der Waals surface area contributed by atoms with Crippen molar-refractivity contribution < 1.29 is 18.1 Å². The van der Waals surface area contributed by atoms with E-state index < -0.39 is 20.9 Å². The largest absolute Gasteiger partial charge is 0.387 e. The fourth-order valence-electron chi connectivity index (χ4n) is 2.82. The fourth-order valence-corrected chi connectivity index (χ4v) is 4.28. The van der Waals surface area contributed by atoms with Crippen LogP contribution in [0.4, 0.5) is 11.4 Å². The molecule has 0 unspecified atom stereocenters. The van der Waals surface area contributed by atoms with Crippen molar-refractivity contribution in [3.8, 4) is 0 Å². The molecule has 2 aromatic rings. The summed E-state index contributed by atoms with van der Waals surface area (Å²) in [6, 6.07) is 10.3. The summed E-state index contributed by atoms with van der Waals surface area (Å²) < 4.78 is 26.4. The zero-order valence-corrected chi connectivity index (χ0v) is 17.3. The first-order chi connectivity index (χ1) is 13.7. The summed E-state index contributed by atoms with van der Waals surface area (Å²) in [6.45, 7) is 4.47. The fraction of sp³-hybridized carbons (Fsp3) is 0.316. The van der Waals surface area contributed by atoms with Gasteiger partial charge in [0, 0.05) is 44.5 Å². The molecule has 2 aromatic carbocycles. The molecule has 29 heavy (non-hydrogen) atoms. The van der Waals surface area contributed by atoms with Gasteiger partial charge in [0.15, 0.2) is 0 Å². The summed E-state index contributed by atoms with van der Waals surface area (Å²) in [4.78, 5) is 23.1. The Kier molecular flexibility index (Phi) is 7.29. The maximum Gasteiger partial charge on any atom is 0.270 e. The Morgan fingerprint density at radius 1 is 1.10 bits per heavy atom. The average Bonchev–Trinajstić information content (AvgIpc) is 2.72. The number of non-ortho nitro benzene ring substituents is 1. The normalized spacial score (nSPS) is 11.3. The van der Waals surface area contributed by atoms with Crippen LogP contribution in [0.3, 0.4) is 0 Å². The van der Waals surface area contributed by atoms with E-state index >= 15 is 0 Å². The van der Waals surface area contributed by atoms with Crippen LogP contribution < -0.4 is 10.6 Å². The first-order valence-corrected chi connectivity index (χ1v) is 10.5. The Morgan fingerprint density at radius 2 is 1.72 bits per heavy atom. The van der Waals surface area contributed by atoms with Gasteiger partial charge >= 0.3 is 0 Å². The van der Waals surface area contributed by atoms with E-state index in [0.717, 1.165) is 0 Å². The highest BCUT2D eigenvalue weighted by molar-refractivity contribution is 7.89. The molecular weight excluding hydrogens is 396 g/mol. The van der Waals surface area contributed by atoms with Crippen molar-refractivity contribution >= 4 is 27.3 Å². The molecule has 2 N–H and O–H groups in total. The van der Waals surface area contributed by atoms with Gasteiger partial charge in [0.2, 0.25) is 10.0 Å². The Hall–Kier alpha value is -2.98. The third-order valence-corrected chi connectivity index (χ3v) is 6.51. The Morgan fingerprint density at radius 3 is 2.24 bits per heavy atom. The summed E-state index contributed by atoms with van der Waals surface area (Å²) in [6.07, 6.45) is 0. The van der Waals surface area contributed by atoms with Crippen LogP contribution in [0.5, 0.6) is 0 Å². The van der Waals surface area contributed by atoms with Crippen LogP contribution in [0.2, 0.25) is 0 Å². The van der Waals surface area contributed by atoms with Gasteiger partial charge in [-0.15, -0.1) is 0 Å². The van der Waals surface area contributed by atoms with Crippen molar-refractivity contribution in [3.05, 3.63) is 63.7 Å². The lowest BCUT2D eigenvalue weighted by Gasteiger charge is -2.18. The van der Waals surface area contributed by atoms with Crippen LogP contribution in [0.25, 0.3) is 0 Å². The molecule has 0 spiro atoms. The van der Waals surface area contributed by atoms with Crippen LogP contribution in [0.1, 0.15) is 29.8 Å². The van der Waals surface area contributed by atoms with Gasteiger partial charge in [0.25, 0.3) is 11.6 Å². The number of nitrogens with zero attached hydrogens (tertiary/aromatic N) is 2. The van der Waals surface area contributed by atoms with Gasteiger partial charge in [-0.05, 0) is 23.8 Å². The van der Waals surface area contributed by atoms with Gasteiger partial charge in [-0.1, -0.05) is 26.0 Å². The van der Waals surface area contributed by atoms with Crippen molar-refractivity contribution in [2.45, 2.75) is 25.3 Å². The lowest BCUT2D eigenvalue weighted by molar-refractivity contribution is -0.384. The third kappa shape index (κ3) is 5.09. The van der Waals surface area contributed by atoms with Gasteiger partial charge in [0.1, 0.15) is 0 Å². The van der Waals surface area contributed by atoms with Gasteiger partial charge in [-0.2, -0.15) is 4.31 Å². The second-order valence-corrected chi connectivity index (χ2v) is 8.09. The summed E-state index contributed by atoms with van der Waals surface area (Å²) >= 11 is 0. The first kappa shape index (κ1) is 22.3. The Bertz CT molecular complexity index is 986. The standard InChI is InChI=1S/C19H24N4O5S/c1-4-22(5-2)29(27,28)16-9-6-14(7-10-16)13-21-19(24)17-12-15(23(25)26)8-11-18(17)20-3/h6-12,20H,4-5,13H2,1-3H3,(H,21,24). The average molecular weight is 420 g/mol. The van der Waals surface area contributed by atoms with E-state index in [1.54, 1.807) is 33.0 Å². The molecule has 0 radical (unpaired) electrons. The van der Waals surface area contributed by atoms with E-state index in [0.29, 0.717) is 24.3 Å². The molecule has 10 heteroatoms. The van der Waals surface area contributed by atoms with Crippen LogP contribution in [0, 0.1) is 10.1 Å². The zero-order valence-electron chi connectivity index (χ0n) is 16.5. The van der Waals surface area contributed by atoms with Crippen molar-refractivity contribution in [1.82, 2.24) is 9.62 Å². The molecule has 0 heterocycles. The van der Waals surface area contributed by atoms with E-state index in [9.17, 15) is 23.3 Å². The Labute approximate surface area is 169 Å². The molecule has 0 saturated carbocycles. The Balaban J connectivity index is 2.14. The van der Waals surface area contributed by atoms with Crippen LogP contribution >= 0.6 is 0 Å². The molecule has 2 rings (SSSR count). The van der Waals surface area contributed by atoms with Gasteiger partial charge < -0.3 is 10.6 Å². The third-order valence-electron chi connectivity index (χ3n) is 4.45. The number of carbonyl (C=O) groups is 1. The predicted molar refractivity (Wildman–Crippen MR) is 110 cm³/mol. The molecule has 0 aromatic heterocycles. The summed E-state index contributed by atoms with van der Waals surface area (Å²) in [5.41, 5.74) is 1.14. The van der Waals surface area contributed by atoms with E-state index in [4.69, 9.17) is 0 Å². The number of nitro benzene ring substituents is 1. The smallest absolute Gasteiger partial charge is 0.270 e. The van der Waals surface area contributed by atoms with Gasteiger partial charge in [-0.3, -0.25) is 14.9 Å². The van der Waals surface area contributed by atoms with Gasteiger partial charge in [-0.25, -0.2) is 8.42 Å². The number of nitro groups is 1. The predicted octanol–water partition coefficient (Wildman–Crippen LogP) is 2.60. The monoisotopic (exact) mass is 420 g/mol. The molecule has 0 atom stereocenters. The SMILES string of the molecule is CCN(CC)S(=O)(=O)c1ccc(CNC(=O)c2cc([N+](=O)[O-])ccc2NC)cc1. The second-order valence-electron chi connectivity index (χ2n) is 6.15. The molecule has 9 nitrogen and oxygen atoms in total. The lowest BCUT2D eigenvalue weighted by Crippen LogP contribution is -2.30.